The maximum Gasteiger partial charge on any atom is 0.256 e. The summed E-state index contributed by atoms with van der Waals surface area (Å²) < 4.78 is 5.28. The molecule has 3 rings (SSSR count). The van der Waals surface area contributed by atoms with Crippen molar-refractivity contribution in [1.29, 1.82) is 0 Å². The zero-order valence-electron chi connectivity index (χ0n) is 14.0. The number of nitrogens with zero attached hydrogens (tertiary/aromatic N) is 2. The number of ether oxygens (including phenoxy) is 1. The maximum absolute atomic E-state index is 12.9. The highest BCUT2D eigenvalue weighted by Gasteiger charge is 2.36. The van der Waals surface area contributed by atoms with Gasteiger partial charge in [-0.1, -0.05) is 19.1 Å². The quantitative estimate of drug-likeness (QED) is 0.938. The zero-order valence-corrected chi connectivity index (χ0v) is 14.0. The molecule has 2 aromatic rings. The van der Waals surface area contributed by atoms with E-state index in [9.17, 15) is 9.90 Å². The van der Waals surface area contributed by atoms with Crippen LogP contribution in [0, 0.1) is 0 Å². The smallest absolute Gasteiger partial charge is 0.256 e. The molecule has 1 saturated heterocycles. The molecule has 2 unspecified atom stereocenters. The second kappa shape index (κ2) is 7.01. The van der Waals surface area contributed by atoms with Gasteiger partial charge in [-0.05, 0) is 42.2 Å². The minimum Gasteiger partial charge on any atom is -0.497 e. The van der Waals surface area contributed by atoms with Crippen LogP contribution in [0.25, 0.3) is 0 Å². The fraction of sp³-hybridized carbons (Fsp3) is 0.368. The summed E-state index contributed by atoms with van der Waals surface area (Å²) in [5.41, 5.74) is 2.56. The largest absolute Gasteiger partial charge is 0.497 e. The molecule has 1 aromatic heterocycles. The van der Waals surface area contributed by atoms with Crippen LogP contribution in [0.5, 0.6) is 5.75 Å². The predicted molar refractivity (Wildman–Crippen MR) is 91.0 cm³/mol. The molecule has 5 heteroatoms. The second-order valence-electron chi connectivity index (χ2n) is 6.07. The van der Waals surface area contributed by atoms with Crippen LogP contribution < -0.4 is 4.74 Å². The molecule has 0 radical (unpaired) electrons. The summed E-state index contributed by atoms with van der Waals surface area (Å²) in [7, 11) is 1.62. The van der Waals surface area contributed by atoms with Crippen LogP contribution in [0.4, 0.5) is 0 Å². The SMILES string of the molecule is CCc1cncc(C(=O)N2CC(O)CC2c2cccc(OC)c2)c1. The molecule has 0 saturated carbocycles. The number of pyridine rings is 1. The van der Waals surface area contributed by atoms with Gasteiger partial charge in [0, 0.05) is 18.9 Å². The standard InChI is InChI=1S/C19H22N2O3/c1-3-13-7-15(11-20-10-13)19(23)21-12-16(22)9-18(21)14-5-4-6-17(8-14)24-2/h4-8,10-11,16,18,22H,3,9,12H2,1-2H3. The van der Waals surface area contributed by atoms with Crippen LogP contribution in [0.2, 0.25) is 0 Å². The minimum atomic E-state index is -0.521. The number of carbonyl (C=O) groups is 1. The molecule has 1 amide bonds. The van der Waals surface area contributed by atoms with Gasteiger partial charge in [0.25, 0.3) is 5.91 Å². The first-order valence-corrected chi connectivity index (χ1v) is 8.19. The monoisotopic (exact) mass is 326 g/mol. The Balaban J connectivity index is 1.90. The van der Waals surface area contributed by atoms with Crippen molar-refractivity contribution in [2.75, 3.05) is 13.7 Å². The Morgan fingerprint density at radius 2 is 2.21 bits per heavy atom. The maximum atomic E-state index is 12.9. The van der Waals surface area contributed by atoms with Crippen LogP contribution in [0.3, 0.4) is 0 Å². The van der Waals surface area contributed by atoms with E-state index in [2.05, 4.69) is 4.98 Å². The van der Waals surface area contributed by atoms with E-state index in [0.717, 1.165) is 23.3 Å². The molecule has 0 spiro atoms. The minimum absolute atomic E-state index is 0.0952. The lowest BCUT2D eigenvalue weighted by Crippen LogP contribution is -2.32. The number of aliphatic hydroxyl groups excluding tert-OH is 1. The third-order valence-electron chi connectivity index (χ3n) is 4.47. The Morgan fingerprint density at radius 1 is 1.38 bits per heavy atom. The van der Waals surface area contributed by atoms with E-state index in [1.54, 1.807) is 24.4 Å². The highest BCUT2D eigenvalue weighted by atomic mass is 16.5. The van der Waals surface area contributed by atoms with Gasteiger partial charge in [-0.3, -0.25) is 9.78 Å². The van der Waals surface area contributed by atoms with Crippen molar-refractivity contribution in [3.05, 3.63) is 59.4 Å². The van der Waals surface area contributed by atoms with Crippen LogP contribution >= 0.6 is 0 Å². The lowest BCUT2D eigenvalue weighted by molar-refractivity contribution is 0.0715. The number of carbonyl (C=O) groups excluding carboxylic acids is 1. The van der Waals surface area contributed by atoms with Gasteiger partial charge in [0.15, 0.2) is 0 Å². The van der Waals surface area contributed by atoms with Crippen LogP contribution in [0.15, 0.2) is 42.7 Å². The molecule has 1 aromatic carbocycles. The van der Waals surface area contributed by atoms with Crippen molar-refractivity contribution < 1.29 is 14.6 Å². The Kier molecular flexibility index (Phi) is 4.81. The average Bonchev–Trinajstić information content (AvgIpc) is 3.03. The molecule has 1 fully saturated rings. The Bertz CT molecular complexity index is 732. The first-order valence-electron chi connectivity index (χ1n) is 8.19. The number of hydrogen-bond acceptors (Lipinski definition) is 4. The van der Waals surface area contributed by atoms with Gasteiger partial charge in [-0.2, -0.15) is 0 Å². The Hall–Kier alpha value is -2.40. The fourth-order valence-electron chi connectivity index (χ4n) is 3.17. The van der Waals surface area contributed by atoms with E-state index in [1.165, 1.54) is 0 Å². The summed E-state index contributed by atoms with van der Waals surface area (Å²) in [5, 5.41) is 10.1. The van der Waals surface area contributed by atoms with Crippen LogP contribution in [-0.2, 0) is 6.42 Å². The summed E-state index contributed by atoms with van der Waals surface area (Å²) >= 11 is 0. The number of hydrogen-bond donors (Lipinski definition) is 1. The molecule has 126 valence electrons. The normalized spacial score (nSPS) is 20.2. The summed E-state index contributed by atoms with van der Waals surface area (Å²) in [6.07, 6.45) is 4.20. The number of likely N-dealkylation sites (tertiary alicyclic amines) is 1. The zero-order chi connectivity index (χ0) is 17.1. The van der Waals surface area contributed by atoms with Gasteiger partial charge < -0.3 is 14.7 Å². The predicted octanol–water partition coefficient (Wildman–Crippen LogP) is 2.60. The van der Waals surface area contributed by atoms with E-state index in [1.807, 2.05) is 37.3 Å². The molecule has 24 heavy (non-hydrogen) atoms. The highest BCUT2D eigenvalue weighted by molar-refractivity contribution is 5.94. The number of methoxy groups -OCH3 is 1. The molecular weight excluding hydrogens is 304 g/mol. The third-order valence-corrected chi connectivity index (χ3v) is 4.47. The Labute approximate surface area is 141 Å². The summed E-state index contributed by atoms with van der Waals surface area (Å²) in [4.78, 5) is 18.8. The van der Waals surface area contributed by atoms with Gasteiger partial charge in [-0.15, -0.1) is 0 Å². The number of aliphatic hydroxyl groups is 1. The van der Waals surface area contributed by atoms with E-state index in [4.69, 9.17) is 4.74 Å². The number of amides is 1. The highest BCUT2D eigenvalue weighted by Crippen LogP contribution is 2.34. The summed E-state index contributed by atoms with van der Waals surface area (Å²) in [6.45, 7) is 2.36. The molecule has 1 N–H and O–H groups in total. The number of aryl methyl sites for hydroxylation is 1. The van der Waals surface area contributed by atoms with Crippen molar-refractivity contribution in [2.24, 2.45) is 0 Å². The van der Waals surface area contributed by atoms with Crippen LogP contribution in [0.1, 0.15) is 40.9 Å². The molecule has 2 heterocycles. The molecule has 0 aliphatic carbocycles. The third kappa shape index (κ3) is 3.26. The molecule has 5 nitrogen and oxygen atoms in total. The Morgan fingerprint density at radius 3 is 2.96 bits per heavy atom. The van der Waals surface area contributed by atoms with E-state index in [-0.39, 0.29) is 11.9 Å². The number of aromatic nitrogens is 1. The molecule has 2 atom stereocenters. The molecule has 1 aliphatic rings. The van der Waals surface area contributed by atoms with Crippen molar-refractivity contribution >= 4 is 5.91 Å². The summed E-state index contributed by atoms with van der Waals surface area (Å²) in [5.74, 6) is 0.651. The first kappa shape index (κ1) is 16.5. The fourth-order valence-corrected chi connectivity index (χ4v) is 3.17. The first-order chi connectivity index (χ1) is 11.6. The van der Waals surface area contributed by atoms with Gasteiger partial charge >= 0.3 is 0 Å². The van der Waals surface area contributed by atoms with Gasteiger partial charge in [0.1, 0.15) is 5.75 Å². The average molecular weight is 326 g/mol. The van der Waals surface area contributed by atoms with Gasteiger partial charge in [0.2, 0.25) is 0 Å². The molecule has 1 aliphatic heterocycles. The van der Waals surface area contributed by atoms with E-state index in [0.29, 0.717) is 18.5 Å². The van der Waals surface area contributed by atoms with E-state index < -0.39 is 6.10 Å². The molecule has 0 bridgehead atoms. The number of benzene rings is 1. The van der Waals surface area contributed by atoms with Crippen molar-refractivity contribution in [1.82, 2.24) is 9.88 Å². The molecular formula is C19H22N2O3. The number of rotatable bonds is 4. The second-order valence-corrected chi connectivity index (χ2v) is 6.07. The number of β-amino-alcohol motifs (C(OH)–C–C–N with tert-alkyl or cyclic N) is 1. The van der Waals surface area contributed by atoms with Crippen molar-refractivity contribution in [2.45, 2.75) is 31.9 Å². The topological polar surface area (TPSA) is 62.7 Å². The van der Waals surface area contributed by atoms with Crippen molar-refractivity contribution in [3.8, 4) is 5.75 Å². The van der Waals surface area contributed by atoms with Crippen molar-refractivity contribution in [3.63, 3.8) is 0 Å². The van der Waals surface area contributed by atoms with E-state index >= 15 is 0 Å². The van der Waals surface area contributed by atoms with Gasteiger partial charge in [-0.25, -0.2) is 0 Å². The van der Waals surface area contributed by atoms with Gasteiger partial charge in [0.05, 0.1) is 24.8 Å². The lowest BCUT2D eigenvalue weighted by atomic mass is 10.0. The van der Waals surface area contributed by atoms with Crippen LogP contribution in [-0.4, -0.2) is 40.7 Å². The lowest BCUT2D eigenvalue weighted by Gasteiger charge is -2.25. The summed E-state index contributed by atoms with van der Waals surface area (Å²) in [6, 6.07) is 9.38.